The van der Waals surface area contributed by atoms with Gasteiger partial charge in [0, 0.05) is 21.5 Å². The number of nitrogens with zero attached hydrogens (tertiary/aromatic N) is 4. The van der Waals surface area contributed by atoms with Gasteiger partial charge in [-0.05, 0) is 59.7 Å². The molecule has 59 heavy (non-hydrogen) atoms. The van der Waals surface area contributed by atoms with Crippen LogP contribution in [0, 0.1) is 0 Å². The van der Waals surface area contributed by atoms with Crippen LogP contribution in [0.1, 0.15) is 0 Å². The molecule has 0 aromatic heterocycles. The second kappa shape index (κ2) is 16.5. The molecular formula is C34H28N6NaO14S4+. The molecule has 8 N–H and O–H groups in total. The van der Waals surface area contributed by atoms with Gasteiger partial charge in [-0.2, -0.15) is 33.7 Å². The summed E-state index contributed by atoms with van der Waals surface area (Å²) in [6.45, 7) is 0. The van der Waals surface area contributed by atoms with Crippen LogP contribution in [0.5, 0.6) is 11.5 Å². The monoisotopic (exact) mass is 895 g/mol. The van der Waals surface area contributed by atoms with Crippen molar-refractivity contribution < 1.29 is 90.9 Å². The first-order chi connectivity index (χ1) is 27.0. The Bertz CT molecular complexity index is 3020. The summed E-state index contributed by atoms with van der Waals surface area (Å²) >= 11 is 0. The van der Waals surface area contributed by atoms with E-state index in [0.29, 0.717) is 11.1 Å². The average Bonchev–Trinajstić information content (AvgIpc) is 3.15. The van der Waals surface area contributed by atoms with E-state index in [1.807, 2.05) is 0 Å². The molecular weight excluding hydrogens is 868 g/mol. The van der Waals surface area contributed by atoms with Gasteiger partial charge in [0.1, 0.15) is 53.8 Å². The Morgan fingerprint density at radius 2 is 0.780 bits per heavy atom. The molecule has 0 spiro atoms. The fourth-order valence-corrected chi connectivity index (χ4v) is 8.84. The molecule has 6 aromatic rings. The number of hydrogen-bond acceptors (Lipinski definition) is 16. The minimum absolute atomic E-state index is 0. The molecule has 0 fully saturated rings. The topological polar surface area (TPSA) is 337 Å². The minimum atomic E-state index is -4.96. The van der Waals surface area contributed by atoms with Gasteiger partial charge < -0.3 is 20.9 Å². The van der Waals surface area contributed by atoms with Gasteiger partial charge in [-0.25, -0.2) is 0 Å². The molecule has 20 nitrogen and oxygen atoms in total. The van der Waals surface area contributed by atoms with Crippen LogP contribution in [0.25, 0.3) is 32.7 Å². The van der Waals surface area contributed by atoms with Crippen molar-refractivity contribution in [1.29, 1.82) is 0 Å². The number of methoxy groups -OCH3 is 2. The van der Waals surface area contributed by atoms with Crippen molar-refractivity contribution >= 4 is 96.1 Å². The van der Waals surface area contributed by atoms with Crippen molar-refractivity contribution in [3.05, 3.63) is 84.9 Å². The quantitative estimate of drug-likeness (QED) is 0.0468. The number of nitrogen functional groups attached to an aromatic ring is 2. The largest absolute Gasteiger partial charge is 1.00 e. The van der Waals surface area contributed by atoms with E-state index in [9.17, 15) is 51.9 Å². The number of anilines is 2. The maximum absolute atomic E-state index is 12.3. The van der Waals surface area contributed by atoms with Crippen LogP contribution in [0.4, 0.5) is 34.1 Å². The molecule has 0 heterocycles. The number of nitrogens with two attached hydrogens (primary N) is 2. The van der Waals surface area contributed by atoms with Gasteiger partial charge in [0.25, 0.3) is 40.5 Å². The van der Waals surface area contributed by atoms with Gasteiger partial charge in [-0.15, -0.1) is 20.5 Å². The number of rotatable bonds is 11. The summed E-state index contributed by atoms with van der Waals surface area (Å²) in [5, 5.41) is 14.8. The van der Waals surface area contributed by atoms with Crippen molar-refractivity contribution in [3.8, 4) is 22.6 Å². The minimum Gasteiger partial charge on any atom is -0.494 e. The molecule has 0 aliphatic rings. The van der Waals surface area contributed by atoms with Crippen LogP contribution >= 0.6 is 0 Å². The fourth-order valence-electron chi connectivity index (χ4n) is 5.96. The van der Waals surface area contributed by atoms with Gasteiger partial charge >= 0.3 is 29.6 Å². The summed E-state index contributed by atoms with van der Waals surface area (Å²) in [4.78, 5) is -2.95. The van der Waals surface area contributed by atoms with E-state index in [1.165, 1.54) is 38.5 Å². The van der Waals surface area contributed by atoms with Crippen LogP contribution in [0.2, 0.25) is 0 Å². The Morgan fingerprint density at radius 1 is 0.458 bits per heavy atom. The molecule has 0 aliphatic heterocycles. The molecule has 0 saturated carbocycles. The third kappa shape index (κ3) is 9.07. The zero-order valence-electron chi connectivity index (χ0n) is 30.5. The summed E-state index contributed by atoms with van der Waals surface area (Å²) in [7, 11) is -17.1. The normalized spacial score (nSPS) is 12.6. The number of fused-ring (bicyclic) bond motifs is 2. The summed E-state index contributed by atoms with van der Waals surface area (Å²) in [5.74, 6) is 0.283. The molecule has 0 aliphatic carbocycles. The standard InChI is InChI=1S/C34H28N6O14S4.Na/c1-53-25-13-17(9-11-21(25)37-39-23-15-29(57(47,48)49)19-5-3-7-27(55(41,42)43)31(19)33(23)35)18-10-12-22(26(14-18)54-2)38-40-24-16-30(58(50,51)52)20-6-4-8-28(56(44,45)46)32(20)34(24)36;/h3-16H,35-36H2,1-2H3,(H,41,42,43)(H,44,45,46)(H,47,48,49)(H,50,51,52);/q;+1. The molecule has 0 atom stereocenters. The average molecular weight is 896 g/mol. The predicted molar refractivity (Wildman–Crippen MR) is 209 cm³/mol. The van der Waals surface area contributed by atoms with E-state index >= 15 is 0 Å². The first-order valence-electron chi connectivity index (χ1n) is 15.8. The predicted octanol–water partition coefficient (Wildman–Crippen LogP) is 3.66. The maximum Gasteiger partial charge on any atom is 1.00 e. The molecule has 0 unspecified atom stereocenters. The molecule has 6 rings (SSSR count). The second-order valence-electron chi connectivity index (χ2n) is 12.0. The summed E-state index contributed by atoms with van der Waals surface area (Å²) in [5.41, 5.74) is 12.2. The van der Waals surface area contributed by atoms with Crippen molar-refractivity contribution in [2.24, 2.45) is 20.5 Å². The Kier molecular flexibility index (Phi) is 12.6. The summed E-state index contributed by atoms with van der Waals surface area (Å²) in [6, 6.07) is 17.6. The van der Waals surface area contributed by atoms with E-state index in [4.69, 9.17) is 20.9 Å². The maximum atomic E-state index is 12.3. The molecule has 6 aromatic carbocycles. The van der Waals surface area contributed by atoms with Crippen molar-refractivity contribution in [2.75, 3.05) is 25.7 Å². The van der Waals surface area contributed by atoms with Crippen LogP contribution in [-0.4, -0.2) is 66.1 Å². The Balaban J connectivity index is 0.00000661. The van der Waals surface area contributed by atoms with E-state index < -0.39 is 70.8 Å². The number of hydrogen-bond donors (Lipinski definition) is 6. The SMILES string of the molecule is COc1cc(-c2ccc(N=Nc3cc(S(=O)(=O)O)c4cccc(S(=O)(=O)O)c4c3N)c(OC)c2)ccc1N=Nc1cc(S(=O)(=O)O)c2cccc(S(=O)(=O)O)c2c1N.[Na+]. The van der Waals surface area contributed by atoms with Crippen molar-refractivity contribution in [2.45, 2.75) is 19.6 Å². The van der Waals surface area contributed by atoms with E-state index in [0.717, 1.165) is 36.4 Å². The molecule has 0 amide bonds. The summed E-state index contributed by atoms with van der Waals surface area (Å²) in [6.07, 6.45) is 0. The molecule has 25 heteroatoms. The first kappa shape index (κ1) is 45.0. The van der Waals surface area contributed by atoms with Crippen molar-refractivity contribution in [3.63, 3.8) is 0 Å². The van der Waals surface area contributed by atoms with Crippen LogP contribution in [-0.2, 0) is 40.5 Å². The summed E-state index contributed by atoms with van der Waals surface area (Å²) < 4.78 is 148. The third-order valence-electron chi connectivity index (χ3n) is 8.54. The molecule has 0 bridgehead atoms. The number of ether oxygens (including phenoxy) is 2. The van der Waals surface area contributed by atoms with Crippen molar-refractivity contribution in [1.82, 2.24) is 0 Å². The van der Waals surface area contributed by atoms with E-state index in [2.05, 4.69) is 20.5 Å². The van der Waals surface area contributed by atoms with Crippen LogP contribution in [0.15, 0.2) is 125 Å². The van der Waals surface area contributed by atoms with Gasteiger partial charge in [0.05, 0.1) is 25.6 Å². The molecule has 0 radical (unpaired) electrons. The van der Waals surface area contributed by atoms with Gasteiger partial charge in [0.2, 0.25) is 0 Å². The number of benzene rings is 6. The Labute approximate surface area is 357 Å². The third-order valence-corrected chi connectivity index (χ3v) is 12.1. The molecule has 0 saturated heterocycles. The van der Waals surface area contributed by atoms with E-state index in [-0.39, 0.29) is 86.0 Å². The van der Waals surface area contributed by atoms with Gasteiger partial charge in [-0.1, -0.05) is 36.4 Å². The zero-order chi connectivity index (χ0) is 42.5. The Morgan fingerprint density at radius 3 is 1.08 bits per heavy atom. The van der Waals surface area contributed by atoms with E-state index in [1.54, 1.807) is 24.3 Å². The van der Waals surface area contributed by atoms with Gasteiger partial charge in [0.15, 0.2) is 0 Å². The smallest absolute Gasteiger partial charge is 0.494 e. The second-order valence-corrected chi connectivity index (χ2v) is 17.6. The molecule has 302 valence electrons. The Hall–Kier alpha value is -5.12. The fraction of sp³-hybridized carbons (Fsp3) is 0.0588. The van der Waals surface area contributed by atoms with Gasteiger partial charge in [-0.3, -0.25) is 18.2 Å². The first-order valence-corrected chi connectivity index (χ1v) is 21.6. The van der Waals surface area contributed by atoms with Crippen LogP contribution in [0.3, 0.4) is 0 Å². The number of azo groups is 2. The van der Waals surface area contributed by atoms with Crippen LogP contribution < -0.4 is 50.5 Å². The zero-order valence-corrected chi connectivity index (χ0v) is 35.8.